The van der Waals surface area contributed by atoms with Crippen LogP contribution in [0.4, 0.5) is 0 Å². The Balaban J connectivity index is 2.24. The monoisotopic (exact) mass is 501 g/mol. The first kappa shape index (κ1) is 22.8. The summed E-state index contributed by atoms with van der Waals surface area (Å²) in [6.45, 7) is 6.24. The van der Waals surface area contributed by atoms with E-state index in [1.807, 2.05) is 53.4 Å². The second-order valence-corrected chi connectivity index (χ2v) is 8.11. The first-order valence-corrected chi connectivity index (χ1v) is 11.1. The molecule has 0 fully saturated rings. The van der Waals surface area contributed by atoms with Crippen LogP contribution in [0.15, 0.2) is 69.0 Å². The van der Waals surface area contributed by atoms with Gasteiger partial charge in [0.05, 0.1) is 39.3 Å². The van der Waals surface area contributed by atoms with E-state index < -0.39 is 0 Å². The molecular formula is C23H24BrN3O3S. The van der Waals surface area contributed by atoms with E-state index in [9.17, 15) is 0 Å². The minimum Gasteiger partial charge on any atom is -0.493 e. The standard InChI is InChI=1S/C23H24BrN3O3S/c1-6-11-25-23-27(26-15(2)17-9-7-8-10-18(17)24)19(14-31-23)16-12-20(28-3)22(30-5)21(13-16)29-4/h6-10,12-14H,1,11H2,2-5H3. The van der Waals surface area contributed by atoms with Crippen molar-refractivity contribution in [2.24, 2.45) is 10.1 Å². The van der Waals surface area contributed by atoms with Gasteiger partial charge in [-0.2, -0.15) is 5.10 Å². The van der Waals surface area contributed by atoms with Crippen LogP contribution in [-0.2, 0) is 0 Å². The van der Waals surface area contributed by atoms with E-state index in [0.717, 1.165) is 31.8 Å². The lowest BCUT2D eigenvalue weighted by atomic mass is 10.1. The van der Waals surface area contributed by atoms with E-state index >= 15 is 0 Å². The lowest BCUT2D eigenvalue weighted by Crippen LogP contribution is -2.14. The number of ether oxygens (including phenoxy) is 3. The van der Waals surface area contributed by atoms with Crippen LogP contribution in [-0.4, -0.2) is 38.3 Å². The lowest BCUT2D eigenvalue weighted by molar-refractivity contribution is 0.324. The normalized spacial score (nSPS) is 12.0. The zero-order valence-electron chi connectivity index (χ0n) is 17.9. The Morgan fingerprint density at radius 2 is 1.81 bits per heavy atom. The van der Waals surface area contributed by atoms with E-state index in [1.165, 1.54) is 11.3 Å². The number of nitrogens with zero attached hydrogens (tertiary/aromatic N) is 3. The summed E-state index contributed by atoms with van der Waals surface area (Å²) in [4.78, 5) is 5.38. The highest BCUT2D eigenvalue weighted by atomic mass is 79.9. The summed E-state index contributed by atoms with van der Waals surface area (Å²) >= 11 is 5.11. The molecule has 8 heteroatoms. The summed E-state index contributed by atoms with van der Waals surface area (Å²) in [7, 11) is 4.79. The molecule has 0 unspecified atom stereocenters. The van der Waals surface area contributed by atoms with Crippen LogP contribution in [0.5, 0.6) is 17.2 Å². The molecule has 2 aromatic carbocycles. The molecular weight excluding hydrogens is 478 g/mol. The Bertz CT molecular complexity index is 1160. The topological polar surface area (TPSA) is 57.3 Å². The zero-order chi connectivity index (χ0) is 22.4. The SMILES string of the molecule is C=CCN=c1scc(-c2cc(OC)c(OC)c(OC)c2)n1N=C(C)c1ccccc1Br. The largest absolute Gasteiger partial charge is 0.493 e. The number of aromatic nitrogens is 1. The van der Waals surface area contributed by atoms with Gasteiger partial charge in [0.25, 0.3) is 0 Å². The van der Waals surface area contributed by atoms with E-state index in [-0.39, 0.29) is 0 Å². The molecule has 0 atom stereocenters. The van der Waals surface area contributed by atoms with E-state index in [4.69, 9.17) is 19.3 Å². The lowest BCUT2D eigenvalue weighted by Gasteiger charge is -2.14. The van der Waals surface area contributed by atoms with E-state index in [2.05, 4.69) is 27.5 Å². The van der Waals surface area contributed by atoms with Crippen LogP contribution in [0.2, 0.25) is 0 Å². The highest BCUT2D eigenvalue weighted by Gasteiger charge is 2.17. The van der Waals surface area contributed by atoms with Gasteiger partial charge in [-0.05, 0) is 25.1 Å². The molecule has 0 aliphatic rings. The van der Waals surface area contributed by atoms with Gasteiger partial charge >= 0.3 is 0 Å². The second-order valence-electron chi connectivity index (χ2n) is 6.42. The van der Waals surface area contributed by atoms with Crippen LogP contribution in [0, 0.1) is 0 Å². The fourth-order valence-electron chi connectivity index (χ4n) is 3.03. The summed E-state index contributed by atoms with van der Waals surface area (Å²) in [6, 6.07) is 11.8. The van der Waals surface area contributed by atoms with Crippen LogP contribution in [0.3, 0.4) is 0 Å². The summed E-state index contributed by atoms with van der Waals surface area (Å²) in [5.41, 5.74) is 3.58. The Morgan fingerprint density at radius 1 is 1.13 bits per heavy atom. The minimum atomic E-state index is 0.499. The number of rotatable bonds is 8. The summed E-state index contributed by atoms with van der Waals surface area (Å²) in [5, 5.41) is 6.92. The van der Waals surface area contributed by atoms with Gasteiger partial charge < -0.3 is 14.2 Å². The van der Waals surface area contributed by atoms with Gasteiger partial charge in [0.15, 0.2) is 11.5 Å². The van der Waals surface area contributed by atoms with Crippen molar-refractivity contribution in [2.75, 3.05) is 27.9 Å². The van der Waals surface area contributed by atoms with Crippen LogP contribution in [0.25, 0.3) is 11.3 Å². The number of halogens is 1. The van der Waals surface area contributed by atoms with Crippen LogP contribution < -0.4 is 19.0 Å². The molecule has 1 heterocycles. The predicted molar refractivity (Wildman–Crippen MR) is 130 cm³/mol. The average Bonchev–Trinajstić information content (AvgIpc) is 3.18. The van der Waals surface area contributed by atoms with Crippen molar-refractivity contribution in [2.45, 2.75) is 6.92 Å². The van der Waals surface area contributed by atoms with Crippen molar-refractivity contribution < 1.29 is 14.2 Å². The number of hydrogen-bond acceptors (Lipinski definition) is 6. The first-order chi connectivity index (χ1) is 15.0. The molecule has 0 saturated heterocycles. The molecule has 0 radical (unpaired) electrons. The van der Waals surface area contributed by atoms with E-state index in [0.29, 0.717) is 23.8 Å². The van der Waals surface area contributed by atoms with Gasteiger partial charge in [-0.1, -0.05) is 40.2 Å². The van der Waals surface area contributed by atoms with Crippen LogP contribution >= 0.6 is 27.3 Å². The summed E-state index contributed by atoms with van der Waals surface area (Å²) in [5.74, 6) is 1.69. The second kappa shape index (κ2) is 10.5. The molecule has 0 N–H and O–H groups in total. The van der Waals surface area contributed by atoms with Crippen molar-refractivity contribution >= 4 is 33.0 Å². The fourth-order valence-corrected chi connectivity index (χ4v) is 4.45. The minimum absolute atomic E-state index is 0.499. The highest BCUT2D eigenvalue weighted by Crippen LogP contribution is 2.41. The average molecular weight is 502 g/mol. The predicted octanol–water partition coefficient (Wildman–Crippen LogP) is 5.36. The van der Waals surface area contributed by atoms with Crippen LogP contribution in [0.1, 0.15) is 12.5 Å². The molecule has 162 valence electrons. The van der Waals surface area contributed by atoms with Crippen molar-refractivity contribution in [3.05, 3.63) is 69.3 Å². The molecule has 3 rings (SSSR count). The third-order valence-corrected chi connectivity index (χ3v) is 6.06. The Labute approximate surface area is 194 Å². The molecule has 0 amide bonds. The number of benzene rings is 2. The third kappa shape index (κ3) is 4.91. The Kier molecular flexibility index (Phi) is 7.70. The Hall–Kier alpha value is -2.84. The molecule has 0 saturated carbocycles. The molecule has 0 aliphatic carbocycles. The van der Waals surface area contributed by atoms with E-state index in [1.54, 1.807) is 27.4 Å². The molecule has 6 nitrogen and oxygen atoms in total. The molecule has 0 bridgehead atoms. The van der Waals surface area contributed by atoms with Gasteiger partial charge in [0.1, 0.15) is 0 Å². The smallest absolute Gasteiger partial charge is 0.206 e. The van der Waals surface area contributed by atoms with Gasteiger partial charge in [-0.3, -0.25) is 4.99 Å². The van der Waals surface area contributed by atoms with Crippen molar-refractivity contribution in [3.63, 3.8) is 0 Å². The number of hydrogen-bond donors (Lipinski definition) is 0. The van der Waals surface area contributed by atoms with Gasteiger partial charge in [0.2, 0.25) is 10.6 Å². The van der Waals surface area contributed by atoms with Gasteiger partial charge in [0, 0.05) is 21.0 Å². The molecule has 3 aromatic rings. The van der Waals surface area contributed by atoms with Crippen molar-refractivity contribution in [1.82, 2.24) is 4.68 Å². The quantitative estimate of drug-likeness (QED) is 0.308. The number of methoxy groups -OCH3 is 3. The molecule has 1 aromatic heterocycles. The maximum atomic E-state index is 5.53. The molecule has 0 spiro atoms. The highest BCUT2D eigenvalue weighted by molar-refractivity contribution is 9.10. The number of thiazole rings is 1. The van der Waals surface area contributed by atoms with Crippen molar-refractivity contribution in [3.8, 4) is 28.5 Å². The molecule has 0 aliphatic heterocycles. The maximum Gasteiger partial charge on any atom is 0.206 e. The van der Waals surface area contributed by atoms with Gasteiger partial charge in [-0.25, -0.2) is 4.68 Å². The maximum absolute atomic E-state index is 5.53. The Morgan fingerprint density at radius 3 is 2.39 bits per heavy atom. The third-order valence-electron chi connectivity index (χ3n) is 4.52. The molecule has 31 heavy (non-hydrogen) atoms. The zero-order valence-corrected chi connectivity index (χ0v) is 20.3. The fraction of sp³-hybridized carbons (Fsp3) is 0.217. The summed E-state index contributed by atoms with van der Waals surface area (Å²) in [6.07, 6.45) is 1.76. The first-order valence-electron chi connectivity index (χ1n) is 9.46. The van der Waals surface area contributed by atoms with Gasteiger partial charge in [-0.15, -0.1) is 17.9 Å². The van der Waals surface area contributed by atoms with Crippen molar-refractivity contribution in [1.29, 1.82) is 0 Å². The summed E-state index contributed by atoms with van der Waals surface area (Å²) < 4.78 is 19.3.